The standard InChI is InChI=1S/C14H17BrFN3/c1-4-12-14(15)13(19(3)17-12)9-18(2)11-7-5-10(16)6-8-11/h5-8H,4,9H2,1-3H3. The lowest BCUT2D eigenvalue weighted by atomic mass is 10.2. The van der Waals surface area contributed by atoms with Gasteiger partial charge in [-0.3, -0.25) is 4.68 Å². The van der Waals surface area contributed by atoms with Crippen LogP contribution < -0.4 is 4.90 Å². The summed E-state index contributed by atoms with van der Waals surface area (Å²) in [5.74, 6) is -0.216. The Morgan fingerprint density at radius 1 is 1.32 bits per heavy atom. The van der Waals surface area contributed by atoms with E-state index in [2.05, 4.69) is 32.9 Å². The van der Waals surface area contributed by atoms with Crippen LogP contribution in [-0.4, -0.2) is 16.8 Å². The van der Waals surface area contributed by atoms with Gasteiger partial charge in [0, 0.05) is 19.8 Å². The number of aryl methyl sites for hydroxylation is 2. The SMILES string of the molecule is CCc1nn(C)c(CN(C)c2ccc(F)cc2)c1Br. The number of benzene rings is 1. The molecule has 0 aliphatic carbocycles. The fourth-order valence-electron chi connectivity index (χ4n) is 2.00. The molecule has 0 aliphatic rings. The summed E-state index contributed by atoms with van der Waals surface area (Å²) in [5.41, 5.74) is 3.15. The molecule has 0 N–H and O–H groups in total. The number of hydrogen-bond donors (Lipinski definition) is 0. The van der Waals surface area contributed by atoms with Crippen LogP contribution in [0.1, 0.15) is 18.3 Å². The lowest BCUT2D eigenvalue weighted by Gasteiger charge is -2.19. The summed E-state index contributed by atoms with van der Waals surface area (Å²) in [6.45, 7) is 2.80. The van der Waals surface area contributed by atoms with E-state index < -0.39 is 0 Å². The molecule has 2 rings (SSSR count). The Morgan fingerprint density at radius 2 is 1.95 bits per heavy atom. The minimum Gasteiger partial charge on any atom is -0.369 e. The van der Waals surface area contributed by atoms with E-state index in [1.54, 1.807) is 12.1 Å². The lowest BCUT2D eigenvalue weighted by molar-refractivity contribution is 0.627. The van der Waals surface area contributed by atoms with Crippen LogP contribution >= 0.6 is 15.9 Å². The highest BCUT2D eigenvalue weighted by Gasteiger charge is 2.14. The normalized spacial score (nSPS) is 10.8. The third-order valence-electron chi connectivity index (χ3n) is 3.16. The van der Waals surface area contributed by atoms with E-state index in [9.17, 15) is 4.39 Å². The first-order chi connectivity index (χ1) is 9.02. The zero-order valence-electron chi connectivity index (χ0n) is 11.3. The fraction of sp³-hybridized carbons (Fsp3) is 0.357. The third kappa shape index (κ3) is 2.97. The molecule has 0 aliphatic heterocycles. The fourth-order valence-corrected chi connectivity index (χ4v) is 2.74. The van der Waals surface area contributed by atoms with Gasteiger partial charge in [0.15, 0.2) is 0 Å². The molecule has 19 heavy (non-hydrogen) atoms. The average Bonchev–Trinajstić information content (AvgIpc) is 2.67. The molecule has 0 spiro atoms. The summed E-state index contributed by atoms with van der Waals surface area (Å²) in [4.78, 5) is 2.07. The van der Waals surface area contributed by atoms with Gasteiger partial charge in [-0.2, -0.15) is 5.10 Å². The van der Waals surface area contributed by atoms with E-state index in [4.69, 9.17) is 0 Å². The van der Waals surface area contributed by atoms with E-state index in [-0.39, 0.29) is 5.82 Å². The first-order valence-corrected chi connectivity index (χ1v) is 6.99. The number of anilines is 1. The first kappa shape index (κ1) is 14.1. The van der Waals surface area contributed by atoms with Crippen LogP contribution in [0, 0.1) is 5.82 Å². The maximum absolute atomic E-state index is 12.9. The zero-order chi connectivity index (χ0) is 14.0. The van der Waals surface area contributed by atoms with Crippen molar-refractivity contribution in [1.82, 2.24) is 9.78 Å². The van der Waals surface area contributed by atoms with E-state index in [0.717, 1.165) is 34.5 Å². The van der Waals surface area contributed by atoms with Crippen LogP contribution in [0.3, 0.4) is 0 Å². The summed E-state index contributed by atoms with van der Waals surface area (Å²) >= 11 is 3.60. The van der Waals surface area contributed by atoms with Crippen LogP contribution in [0.15, 0.2) is 28.7 Å². The van der Waals surface area contributed by atoms with Gasteiger partial charge in [-0.05, 0) is 46.6 Å². The highest BCUT2D eigenvalue weighted by molar-refractivity contribution is 9.10. The summed E-state index contributed by atoms with van der Waals surface area (Å²) in [6.07, 6.45) is 0.898. The van der Waals surface area contributed by atoms with Crippen LogP contribution in [-0.2, 0) is 20.0 Å². The van der Waals surface area contributed by atoms with Gasteiger partial charge < -0.3 is 4.90 Å². The van der Waals surface area contributed by atoms with Crippen molar-refractivity contribution >= 4 is 21.6 Å². The van der Waals surface area contributed by atoms with Crippen molar-refractivity contribution in [3.8, 4) is 0 Å². The highest BCUT2D eigenvalue weighted by Crippen LogP contribution is 2.24. The second-order valence-electron chi connectivity index (χ2n) is 4.52. The smallest absolute Gasteiger partial charge is 0.123 e. The van der Waals surface area contributed by atoms with Gasteiger partial charge >= 0.3 is 0 Å². The molecular formula is C14H17BrFN3. The predicted octanol–water partition coefficient (Wildman–Crippen LogP) is 3.52. The average molecular weight is 326 g/mol. The van der Waals surface area contributed by atoms with Crippen molar-refractivity contribution in [3.05, 3.63) is 45.9 Å². The quantitative estimate of drug-likeness (QED) is 0.857. The maximum Gasteiger partial charge on any atom is 0.123 e. The molecule has 1 aromatic carbocycles. The molecular weight excluding hydrogens is 309 g/mol. The zero-order valence-corrected chi connectivity index (χ0v) is 12.9. The van der Waals surface area contributed by atoms with Gasteiger partial charge in [-0.15, -0.1) is 0 Å². The molecule has 0 fully saturated rings. The Bertz CT molecular complexity index is 563. The molecule has 0 unspecified atom stereocenters. The van der Waals surface area contributed by atoms with Crippen molar-refractivity contribution < 1.29 is 4.39 Å². The Labute approximate surface area is 121 Å². The summed E-state index contributed by atoms with van der Waals surface area (Å²) < 4.78 is 15.9. The Hall–Kier alpha value is -1.36. The summed E-state index contributed by atoms with van der Waals surface area (Å²) in [5, 5.41) is 4.47. The molecule has 1 aromatic heterocycles. The minimum absolute atomic E-state index is 0.216. The second-order valence-corrected chi connectivity index (χ2v) is 5.31. The van der Waals surface area contributed by atoms with Gasteiger partial charge in [-0.25, -0.2) is 4.39 Å². The van der Waals surface area contributed by atoms with E-state index in [0.29, 0.717) is 0 Å². The number of aromatic nitrogens is 2. The molecule has 0 atom stereocenters. The van der Waals surface area contributed by atoms with Gasteiger partial charge in [-0.1, -0.05) is 6.92 Å². The number of rotatable bonds is 4. The van der Waals surface area contributed by atoms with Gasteiger partial charge in [0.25, 0.3) is 0 Å². The number of hydrogen-bond acceptors (Lipinski definition) is 2. The molecule has 102 valence electrons. The monoisotopic (exact) mass is 325 g/mol. The Balaban J connectivity index is 2.21. The van der Waals surface area contributed by atoms with Crippen molar-refractivity contribution in [3.63, 3.8) is 0 Å². The van der Waals surface area contributed by atoms with Crippen molar-refractivity contribution in [2.45, 2.75) is 19.9 Å². The molecule has 3 nitrogen and oxygen atoms in total. The molecule has 2 aromatic rings. The molecule has 0 radical (unpaired) electrons. The maximum atomic E-state index is 12.9. The van der Waals surface area contributed by atoms with Crippen molar-refractivity contribution in [2.24, 2.45) is 7.05 Å². The van der Waals surface area contributed by atoms with Crippen LogP contribution in [0.25, 0.3) is 0 Å². The molecule has 0 saturated carbocycles. The van der Waals surface area contributed by atoms with E-state index >= 15 is 0 Å². The van der Waals surface area contributed by atoms with Crippen LogP contribution in [0.2, 0.25) is 0 Å². The van der Waals surface area contributed by atoms with Crippen LogP contribution in [0.4, 0.5) is 10.1 Å². The number of halogens is 2. The topological polar surface area (TPSA) is 21.1 Å². The molecule has 0 bridgehead atoms. The van der Waals surface area contributed by atoms with Gasteiger partial charge in [0.05, 0.1) is 22.4 Å². The van der Waals surface area contributed by atoms with Crippen LogP contribution in [0.5, 0.6) is 0 Å². The lowest BCUT2D eigenvalue weighted by Crippen LogP contribution is -2.18. The predicted molar refractivity (Wildman–Crippen MR) is 78.8 cm³/mol. The number of nitrogens with zero attached hydrogens (tertiary/aromatic N) is 3. The summed E-state index contributed by atoms with van der Waals surface area (Å²) in [7, 11) is 3.93. The Kier molecular flexibility index (Phi) is 4.24. The molecule has 0 amide bonds. The first-order valence-electron chi connectivity index (χ1n) is 6.20. The van der Waals surface area contributed by atoms with Gasteiger partial charge in [0.2, 0.25) is 0 Å². The molecule has 5 heteroatoms. The Morgan fingerprint density at radius 3 is 2.47 bits per heavy atom. The third-order valence-corrected chi connectivity index (χ3v) is 4.07. The van der Waals surface area contributed by atoms with Crippen molar-refractivity contribution in [2.75, 3.05) is 11.9 Å². The summed E-state index contributed by atoms with van der Waals surface area (Å²) in [6, 6.07) is 6.50. The minimum atomic E-state index is -0.216. The van der Waals surface area contributed by atoms with Crippen molar-refractivity contribution in [1.29, 1.82) is 0 Å². The van der Waals surface area contributed by atoms with E-state index in [1.807, 2.05) is 18.8 Å². The van der Waals surface area contributed by atoms with E-state index in [1.165, 1.54) is 12.1 Å². The van der Waals surface area contributed by atoms with Gasteiger partial charge in [0.1, 0.15) is 5.82 Å². The highest BCUT2D eigenvalue weighted by atomic mass is 79.9. The largest absolute Gasteiger partial charge is 0.369 e. The second kappa shape index (κ2) is 5.74. The molecule has 0 saturated heterocycles. The molecule has 1 heterocycles.